The van der Waals surface area contributed by atoms with Crippen LogP contribution in [-0.2, 0) is 22.4 Å². The summed E-state index contributed by atoms with van der Waals surface area (Å²) in [7, 11) is 0. The molecule has 160 valence electrons. The van der Waals surface area contributed by atoms with Gasteiger partial charge in [-0.15, -0.1) is 11.3 Å². The van der Waals surface area contributed by atoms with Gasteiger partial charge in [-0.25, -0.2) is 0 Å². The number of anilines is 1. The number of nitrogens with one attached hydrogen (secondary N) is 2. The van der Waals surface area contributed by atoms with E-state index < -0.39 is 5.97 Å². The van der Waals surface area contributed by atoms with Crippen molar-refractivity contribution in [1.29, 1.82) is 0 Å². The monoisotopic (exact) mass is 420 g/mol. The van der Waals surface area contributed by atoms with Gasteiger partial charge < -0.3 is 15.7 Å². The zero-order valence-corrected chi connectivity index (χ0v) is 18.6. The lowest BCUT2D eigenvalue weighted by molar-refractivity contribution is -0.138. The van der Waals surface area contributed by atoms with Crippen LogP contribution in [-0.4, -0.2) is 28.9 Å². The molecule has 2 aliphatic carbocycles. The van der Waals surface area contributed by atoms with Crippen LogP contribution in [0.2, 0.25) is 0 Å². The standard InChI is InChI=1S/C22H32N2O4S/c1-12(10-18(26)27)9-17(25)24-21-19(20(28)23-14-6-7-14)15-8-5-13(22(2,3)4)11-16(15)29-21/h12-14H,5-11H2,1-4H3,(H,23,28)(H,24,25)(H,26,27)/t12-,13+/m0/s1. The Hall–Kier alpha value is -1.89. The van der Waals surface area contributed by atoms with Gasteiger partial charge in [-0.3, -0.25) is 14.4 Å². The first-order chi connectivity index (χ1) is 13.5. The molecule has 1 fully saturated rings. The number of hydrogen-bond acceptors (Lipinski definition) is 4. The second kappa shape index (κ2) is 8.46. The molecule has 1 aromatic heterocycles. The Morgan fingerprint density at radius 1 is 1.17 bits per heavy atom. The Labute approximate surface area is 176 Å². The third-order valence-electron chi connectivity index (χ3n) is 5.94. The molecular weight excluding hydrogens is 388 g/mol. The third-order valence-corrected chi connectivity index (χ3v) is 7.11. The number of thiophene rings is 1. The maximum absolute atomic E-state index is 12.9. The lowest BCUT2D eigenvalue weighted by Gasteiger charge is -2.33. The number of carboxylic acids is 1. The second-order valence-electron chi connectivity index (χ2n) is 9.72. The zero-order valence-electron chi connectivity index (χ0n) is 17.8. The predicted octanol–water partition coefficient (Wildman–Crippen LogP) is 4.23. The largest absolute Gasteiger partial charge is 0.481 e. The van der Waals surface area contributed by atoms with Crippen molar-refractivity contribution in [3.8, 4) is 0 Å². The van der Waals surface area contributed by atoms with Crippen molar-refractivity contribution >= 4 is 34.1 Å². The summed E-state index contributed by atoms with van der Waals surface area (Å²) in [6, 6.07) is 0.253. The molecule has 1 aromatic rings. The van der Waals surface area contributed by atoms with E-state index in [1.807, 2.05) is 0 Å². The Morgan fingerprint density at radius 2 is 1.86 bits per heavy atom. The van der Waals surface area contributed by atoms with Crippen molar-refractivity contribution in [2.24, 2.45) is 17.3 Å². The third kappa shape index (κ3) is 5.59. The fourth-order valence-electron chi connectivity index (χ4n) is 4.00. The van der Waals surface area contributed by atoms with E-state index in [2.05, 4.69) is 31.4 Å². The summed E-state index contributed by atoms with van der Waals surface area (Å²) in [5.74, 6) is -0.934. The minimum absolute atomic E-state index is 0.0450. The van der Waals surface area contributed by atoms with Gasteiger partial charge in [0.05, 0.1) is 5.56 Å². The van der Waals surface area contributed by atoms with E-state index in [4.69, 9.17) is 5.11 Å². The summed E-state index contributed by atoms with van der Waals surface area (Å²) in [5.41, 5.74) is 1.92. The molecular formula is C22H32N2O4S. The first-order valence-electron chi connectivity index (χ1n) is 10.5. The van der Waals surface area contributed by atoms with E-state index in [0.717, 1.165) is 37.7 Å². The highest BCUT2D eigenvalue weighted by Gasteiger charge is 2.35. The molecule has 1 saturated carbocycles. The molecule has 0 aliphatic heterocycles. The predicted molar refractivity (Wildman–Crippen MR) is 114 cm³/mol. The van der Waals surface area contributed by atoms with Crippen LogP contribution in [0.4, 0.5) is 5.00 Å². The van der Waals surface area contributed by atoms with Gasteiger partial charge in [0.15, 0.2) is 0 Å². The van der Waals surface area contributed by atoms with Gasteiger partial charge in [0.1, 0.15) is 5.00 Å². The minimum Gasteiger partial charge on any atom is -0.481 e. The van der Waals surface area contributed by atoms with Crippen LogP contribution in [0.15, 0.2) is 0 Å². The number of carboxylic acid groups (broad SMARTS) is 1. The molecule has 2 amide bonds. The first kappa shape index (κ1) is 21.8. The molecule has 0 aromatic carbocycles. The Kier molecular flexibility index (Phi) is 6.36. The van der Waals surface area contributed by atoms with Crippen LogP contribution in [0.25, 0.3) is 0 Å². The van der Waals surface area contributed by atoms with Gasteiger partial charge >= 0.3 is 5.97 Å². The molecule has 0 spiro atoms. The summed E-state index contributed by atoms with van der Waals surface area (Å²) in [5, 5.41) is 15.5. The number of aliphatic carboxylic acids is 1. The number of carbonyl (C=O) groups excluding carboxylic acids is 2. The minimum atomic E-state index is -0.908. The normalized spacial score (nSPS) is 19.9. The van der Waals surface area contributed by atoms with Gasteiger partial charge in [-0.1, -0.05) is 27.7 Å². The zero-order chi connectivity index (χ0) is 21.3. The number of hydrogen-bond donors (Lipinski definition) is 3. The Morgan fingerprint density at radius 3 is 2.45 bits per heavy atom. The first-order valence-corrected chi connectivity index (χ1v) is 11.3. The Balaban J connectivity index is 1.81. The molecule has 6 nitrogen and oxygen atoms in total. The molecule has 3 N–H and O–H groups in total. The van der Waals surface area contributed by atoms with Gasteiger partial charge in [0, 0.05) is 23.8 Å². The highest BCUT2D eigenvalue weighted by molar-refractivity contribution is 7.17. The van der Waals surface area contributed by atoms with Gasteiger partial charge in [-0.05, 0) is 54.9 Å². The number of amides is 2. The number of carbonyl (C=O) groups is 3. The maximum Gasteiger partial charge on any atom is 0.303 e. The average Bonchev–Trinajstić information content (AvgIpc) is 3.31. The molecule has 0 unspecified atom stereocenters. The highest BCUT2D eigenvalue weighted by Crippen LogP contribution is 2.44. The van der Waals surface area contributed by atoms with Crippen LogP contribution < -0.4 is 10.6 Å². The topological polar surface area (TPSA) is 95.5 Å². The molecule has 2 aliphatic rings. The summed E-state index contributed by atoms with van der Waals surface area (Å²) in [4.78, 5) is 37.5. The van der Waals surface area contributed by atoms with Gasteiger partial charge in [-0.2, -0.15) is 0 Å². The smallest absolute Gasteiger partial charge is 0.303 e. The maximum atomic E-state index is 12.9. The van der Waals surface area contributed by atoms with Crippen LogP contribution >= 0.6 is 11.3 Å². The number of rotatable bonds is 7. The summed E-state index contributed by atoms with van der Waals surface area (Å²) in [6.45, 7) is 8.51. The van der Waals surface area contributed by atoms with Gasteiger partial charge in [0.25, 0.3) is 5.91 Å². The van der Waals surface area contributed by atoms with Crippen molar-refractivity contribution in [1.82, 2.24) is 5.32 Å². The van der Waals surface area contributed by atoms with Crippen LogP contribution in [0, 0.1) is 17.3 Å². The van der Waals surface area contributed by atoms with Crippen LogP contribution in [0.1, 0.15) is 80.6 Å². The Bertz CT molecular complexity index is 804. The molecule has 0 radical (unpaired) electrons. The van der Waals surface area contributed by atoms with E-state index in [9.17, 15) is 14.4 Å². The quantitative estimate of drug-likeness (QED) is 0.615. The molecule has 3 rings (SSSR count). The van der Waals surface area contributed by atoms with Crippen molar-refractivity contribution in [3.05, 3.63) is 16.0 Å². The van der Waals surface area contributed by atoms with E-state index in [-0.39, 0.29) is 42.0 Å². The fourth-order valence-corrected chi connectivity index (χ4v) is 5.34. The second-order valence-corrected chi connectivity index (χ2v) is 10.8. The van der Waals surface area contributed by atoms with Crippen LogP contribution in [0.5, 0.6) is 0 Å². The van der Waals surface area contributed by atoms with Crippen molar-refractivity contribution in [3.63, 3.8) is 0 Å². The molecule has 0 bridgehead atoms. The van der Waals surface area contributed by atoms with E-state index in [1.165, 1.54) is 16.2 Å². The van der Waals surface area contributed by atoms with Crippen molar-refractivity contribution in [2.75, 3.05) is 5.32 Å². The molecule has 7 heteroatoms. The van der Waals surface area contributed by atoms with Crippen molar-refractivity contribution in [2.45, 2.75) is 78.7 Å². The molecule has 1 heterocycles. The van der Waals surface area contributed by atoms with Crippen molar-refractivity contribution < 1.29 is 19.5 Å². The molecule has 0 saturated heterocycles. The van der Waals surface area contributed by atoms with E-state index >= 15 is 0 Å². The van der Waals surface area contributed by atoms with Crippen LogP contribution in [0.3, 0.4) is 0 Å². The SMILES string of the molecule is C[C@H](CC(=O)O)CC(=O)Nc1sc2c(c1C(=O)NC1CC1)CC[C@@H](C(C)(C)C)C2. The van der Waals surface area contributed by atoms with E-state index in [0.29, 0.717) is 16.5 Å². The summed E-state index contributed by atoms with van der Waals surface area (Å²) < 4.78 is 0. The van der Waals surface area contributed by atoms with Gasteiger partial charge in [0.2, 0.25) is 5.91 Å². The lowest BCUT2D eigenvalue weighted by Crippen LogP contribution is -2.29. The molecule has 2 atom stereocenters. The number of fused-ring (bicyclic) bond motifs is 1. The fraction of sp³-hybridized carbons (Fsp3) is 0.682. The summed E-state index contributed by atoms with van der Waals surface area (Å²) in [6.07, 6.45) is 4.93. The average molecular weight is 421 g/mol. The summed E-state index contributed by atoms with van der Waals surface area (Å²) >= 11 is 1.52. The molecule has 29 heavy (non-hydrogen) atoms. The highest BCUT2D eigenvalue weighted by atomic mass is 32.1. The lowest BCUT2D eigenvalue weighted by atomic mass is 9.72. The van der Waals surface area contributed by atoms with E-state index in [1.54, 1.807) is 6.92 Å².